The molecular weight excluding hydrogens is 405 g/mol. The number of likely N-dealkylation sites (tertiary alicyclic amines) is 1. The highest BCUT2D eigenvalue weighted by atomic mass is 19.1. The van der Waals surface area contributed by atoms with Crippen LogP contribution >= 0.6 is 0 Å². The van der Waals surface area contributed by atoms with Crippen LogP contribution in [0, 0.1) is 37.1 Å². The van der Waals surface area contributed by atoms with Gasteiger partial charge in [0.2, 0.25) is 5.69 Å². The highest BCUT2D eigenvalue weighted by Gasteiger charge is 2.41. The Bertz CT molecular complexity index is 1000. The lowest BCUT2D eigenvalue weighted by atomic mass is 10.00. The summed E-state index contributed by atoms with van der Waals surface area (Å²) in [7, 11) is 0. The van der Waals surface area contributed by atoms with Gasteiger partial charge in [0, 0.05) is 44.5 Å². The summed E-state index contributed by atoms with van der Waals surface area (Å²) in [5.74, 6) is 2.44. The van der Waals surface area contributed by atoms with E-state index in [1.165, 1.54) is 44.6 Å². The van der Waals surface area contributed by atoms with E-state index in [-0.39, 0.29) is 5.82 Å². The van der Waals surface area contributed by atoms with Crippen LogP contribution in [0.15, 0.2) is 24.3 Å². The van der Waals surface area contributed by atoms with Crippen LogP contribution in [0.1, 0.15) is 31.2 Å². The van der Waals surface area contributed by atoms with Crippen LogP contribution < -0.4 is 5.32 Å². The first-order chi connectivity index (χ1) is 15.6. The van der Waals surface area contributed by atoms with Crippen molar-refractivity contribution >= 4 is 11.5 Å². The lowest BCUT2D eigenvalue weighted by Gasteiger charge is -2.27. The fourth-order valence-electron chi connectivity index (χ4n) is 5.72. The molecule has 1 aromatic heterocycles. The van der Waals surface area contributed by atoms with Crippen molar-refractivity contribution in [3.8, 4) is 11.3 Å². The van der Waals surface area contributed by atoms with E-state index in [0.29, 0.717) is 40.6 Å². The molecule has 1 N–H and O–H groups in total. The molecule has 2 aromatic rings. The number of aryl methyl sites for hydroxylation is 1. The summed E-state index contributed by atoms with van der Waals surface area (Å²) in [5.41, 5.74) is 2.56. The summed E-state index contributed by atoms with van der Waals surface area (Å²) >= 11 is 0. The first-order valence-electron chi connectivity index (χ1n) is 11.7. The molecule has 2 saturated heterocycles. The molecule has 3 aliphatic rings. The van der Waals surface area contributed by atoms with Crippen LogP contribution in [0.25, 0.3) is 16.1 Å². The Hall–Kier alpha value is -2.56. The van der Waals surface area contributed by atoms with E-state index in [4.69, 9.17) is 11.3 Å². The molecule has 0 bridgehead atoms. The number of hydrogen-bond acceptors (Lipinski definition) is 5. The predicted molar refractivity (Wildman–Crippen MR) is 122 cm³/mol. The van der Waals surface area contributed by atoms with Gasteiger partial charge in [-0.15, -0.1) is 5.10 Å². The minimum absolute atomic E-state index is 0.317. The van der Waals surface area contributed by atoms with E-state index < -0.39 is 0 Å². The molecule has 32 heavy (non-hydrogen) atoms. The second-order valence-corrected chi connectivity index (χ2v) is 9.64. The van der Waals surface area contributed by atoms with Gasteiger partial charge in [-0.25, -0.2) is 9.24 Å². The summed E-state index contributed by atoms with van der Waals surface area (Å²) in [4.78, 5) is 6.33. The van der Waals surface area contributed by atoms with Crippen molar-refractivity contribution in [1.82, 2.24) is 15.1 Å². The van der Waals surface area contributed by atoms with Gasteiger partial charge >= 0.3 is 0 Å². The van der Waals surface area contributed by atoms with E-state index in [1.54, 1.807) is 12.1 Å². The minimum Gasteiger partial charge on any atom is -0.381 e. The van der Waals surface area contributed by atoms with Gasteiger partial charge in [0.1, 0.15) is 5.82 Å². The smallest absolute Gasteiger partial charge is 0.232 e. The van der Waals surface area contributed by atoms with Gasteiger partial charge in [0.15, 0.2) is 5.82 Å². The third-order valence-electron chi connectivity index (χ3n) is 7.39. The number of benzene rings is 1. The highest BCUT2D eigenvalue weighted by molar-refractivity contribution is 5.73. The maximum Gasteiger partial charge on any atom is 0.232 e. The molecule has 1 saturated carbocycles. The zero-order valence-electron chi connectivity index (χ0n) is 18.6. The van der Waals surface area contributed by atoms with Gasteiger partial charge in [-0.05, 0) is 74.1 Å². The summed E-state index contributed by atoms with van der Waals surface area (Å²) in [5, 5.41) is 12.1. The fourth-order valence-corrected chi connectivity index (χ4v) is 5.72. The minimum atomic E-state index is -0.317. The average molecular weight is 436 g/mol. The molecule has 3 fully saturated rings. The standard InChI is InChI=1S/C25H30FN5O/c1-16-3-4-20(26)11-22(16)23-12-24(27-2)25(30-29-23)28-21-9-18-14-31(15-19(18)10-21)13-17-5-7-32-8-6-17/h3-4,11-12,17-19,21H,5-10,13-15H2,1H3,(H,28,30)/t18-,19+,21?. The van der Waals surface area contributed by atoms with E-state index in [2.05, 4.69) is 25.3 Å². The maximum absolute atomic E-state index is 13.7. The van der Waals surface area contributed by atoms with Crippen LogP contribution in [-0.4, -0.2) is 54.0 Å². The topological polar surface area (TPSA) is 54.6 Å². The molecular formula is C25H30FN5O. The van der Waals surface area contributed by atoms with Crippen LogP contribution in [0.5, 0.6) is 0 Å². The zero-order chi connectivity index (χ0) is 22.1. The van der Waals surface area contributed by atoms with Crippen molar-refractivity contribution in [2.45, 2.75) is 38.6 Å². The number of aromatic nitrogens is 2. The molecule has 1 aliphatic carbocycles. The van der Waals surface area contributed by atoms with E-state index in [1.807, 2.05) is 6.92 Å². The number of nitrogens with zero attached hydrogens (tertiary/aromatic N) is 4. The van der Waals surface area contributed by atoms with Gasteiger partial charge in [-0.1, -0.05) is 6.07 Å². The second kappa shape index (κ2) is 9.13. The molecule has 0 radical (unpaired) electrons. The van der Waals surface area contributed by atoms with Crippen LogP contribution in [-0.2, 0) is 4.74 Å². The van der Waals surface area contributed by atoms with Crippen molar-refractivity contribution in [2.75, 3.05) is 38.2 Å². The van der Waals surface area contributed by atoms with E-state index in [0.717, 1.165) is 37.5 Å². The number of rotatable bonds is 5. The number of anilines is 1. The van der Waals surface area contributed by atoms with E-state index >= 15 is 0 Å². The van der Waals surface area contributed by atoms with Crippen LogP contribution in [0.4, 0.5) is 15.9 Å². The summed E-state index contributed by atoms with van der Waals surface area (Å²) in [6.45, 7) is 14.9. The Kier molecular flexibility index (Phi) is 6.07. The summed E-state index contributed by atoms with van der Waals surface area (Å²) in [6, 6.07) is 6.64. The molecule has 1 unspecified atom stereocenters. The number of fused-ring (bicyclic) bond motifs is 1. The Morgan fingerprint density at radius 1 is 1.16 bits per heavy atom. The SMILES string of the molecule is [C-]#[N+]c1cc(-c2cc(F)ccc2C)nnc1NC1C[C@@H]2CN(CC3CCOCC3)C[C@@H]2C1. The molecule has 1 aromatic carbocycles. The largest absolute Gasteiger partial charge is 0.381 e. The molecule has 3 heterocycles. The van der Waals surface area contributed by atoms with Gasteiger partial charge < -0.3 is 15.0 Å². The van der Waals surface area contributed by atoms with Crippen molar-refractivity contribution in [2.24, 2.45) is 17.8 Å². The van der Waals surface area contributed by atoms with Crippen molar-refractivity contribution in [3.63, 3.8) is 0 Å². The Morgan fingerprint density at radius 3 is 2.62 bits per heavy atom. The normalized spacial score (nSPS) is 26.1. The molecule has 7 heteroatoms. The van der Waals surface area contributed by atoms with Crippen molar-refractivity contribution < 1.29 is 9.13 Å². The van der Waals surface area contributed by atoms with Gasteiger partial charge in [0.25, 0.3) is 0 Å². The highest BCUT2D eigenvalue weighted by Crippen LogP contribution is 2.40. The molecule has 168 valence electrons. The lowest BCUT2D eigenvalue weighted by Crippen LogP contribution is -2.32. The van der Waals surface area contributed by atoms with Crippen LogP contribution in [0.2, 0.25) is 0 Å². The molecule has 0 amide bonds. The molecule has 6 nitrogen and oxygen atoms in total. The summed E-state index contributed by atoms with van der Waals surface area (Å²) in [6.07, 6.45) is 4.61. The molecule has 2 aliphatic heterocycles. The van der Waals surface area contributed by atoms with Gasteiger partial charge in [-0.2, -0.15) is 5.10 Å². The Balaban J connectivity index is 1.21. The fraction of sp³-hybridized carbons (Fsp3) is 0.560. The lowest BCUT2D eigenvalue weighted by molar-refractivity contribution is 0.0545. The second-order valence-electron chi connectivity index (χ2n) is 9.64. The maximum atomic E-state index is 13.7. The van der Waals surface area contributed by atoms with Gasteiger partial charge in [0.05, 0.1) is 12.3 Å². The monoisotopic (exact) mass is 435 g/mol. The number of ether oxygens (including phenoxy) is 1. The molecule has 3 atom stereocenters. The predicted octanol–water partition coefficient (Wildman–Crippen LogP) is 4.69. The zero-order valence-corrected chi connectivity index (χ0v) is 18.6. The Labute approximate surface area is 189 Å². The Morgan fingerprint density at radius 2 is 1.91 bits per heavy atom. The number of halogens is 1. The number of nitrogens with one attached hydrogen (secondary N) is 1. The third kappa shape index (κ3) is 4.48. The van der Waals surface area contributed by atoms with Crippen LogP contribution in [0.3, 0.4) is 0 Å². The van der Waals surface area contributed by atoms with Crippen molar-refractivity contribution in [3.05, 3.63) is 47.1 Å². The van der Waals surface area contributed by atoms with Gasteiger partial charge in [-0.3, -0.25) is 0 Å². The molecule has 0 spiro atoms. The van der Waals surface area contributed by atoms with Crippen molar-refractivity contribution in [1.29, 1.82) is 0 Å². The van der Waals surface area contributed by atoms with E-state index in [9.17, 15) is 4.39 Å². The first-order valence-corrected chi connectivity index (χ1v) is 11.7. The number of hydrogen-bond donors (Lipinski definition) is 1. The quantitative estimate of drug-likeness (QED) is 0.691. The average Bonchev–Trinajstić information content (AvgIpc) is 3.34. The summed E-state index contributed by atoms with van der Waals surface area (Å²) < 4.78 is 19.2. The first kappa shape index (κ1) is 21.3. The molecule has 5 rings (SSSR count). The third-order valence-corrected chi connectivity index (χ3v) is 7.39.